The van der Waals surface area contributed by atoms with Crippen LogP contribution in [0.1, 0.15) is 44.6 Å². The van der Waals surface area contributed by atoms with Crippen molar-refractivity contribution in [3.05, 3.63) is 35.9 Å². The van der Waals surface area contributed by atoms with Crippen LogP contribution in [0.2, 0.25) is 0 Å². The number of rotatable bonds is 9. The lowest BCUT2D eigenvalue weighted by Gasteiger charge is -2.30. The standard InChI is InChI=1S/C19H30N2O3S/c1-2-3-13-20-19(22)18-11-14-21(15-12-18)25(23,24)16-7-10-17-8-5-4-6-9-17/h4-6,8-9,18H,2-3,7,10-16H2,1H3,(H,20,22). The van der Waals surface area contributed by atoms with Crippen LogP contribution in [0.4, 0.5) is 0 Å². The molecule has 1 heterocycles. The van der Waals surface area contributed by atoms with Crippen LogP contribution in [0.3, 0.4) is 0 Å². The first kappa shape index (κ1) is 19.9. The van der Waals surface area contributed by atoms with E-state index in [-0.39, 0.29) is 17.6 Å². The van der Waals surface area contributed by atoms with Gasteiger partial charge in [0.1, 0.15) is 0 Å². The van der Waals surface area contributed by atoms with Crippen molar-refractivity contribution in [2.24, 2.45) is 5.92 Å². The predicted octanol–water partition coefficient (Wildman–Crippen LogP) is 2.58. The van der Waals surface area contributed by atoms with Gasteiger partial charge in [-0.25, -0.2) is 12.7 Å². The number of sulfonamides is 1. The van der Waals surface area contributed by atoms with Gasteiger partial charge in [-0.15, -0.1) is 0 Å². The SMILES string of the molecule is CCCCNC(=O)C1CCN(S(=O)(=O)CCCc2ccccc2)CC1. The predicted molar refractivity (Wildman–Crippen MR) is 101 cm³/mol. The molecular weight excluding hydrogens is 336 g/mol. The molecule has 1 fully saturated rings. The molecule has 25 heavy (non-hydrogen) atoms. The van der Waals surface area contributed by atoms with Gasteiger partial charge in [0.15, 0.2) is 0 Å². The first-order valence-electron chi connectivity index (χ1n) is 9.32. The summed E-state index contributed by atoms with van der Waals surface area (Å²) in [4.78, 5) is 12.1. The van der Waals surface area contributed by atoms with Crippen LogP contribution in [-0.4, -0.2) is 44.0 Å². The van der Waals surface area contributed by atoms with Crippen molar-refractivity contribution >= 4 is 15.9 Å². The van der Waals surface area contributed by atoms with Crippen LogP contribution in [0, 0.1) is 5.92 Å². The molecule has 0 unspecified atom stereocenters. The van der Waals surface area contributed by atoms with Crippen molar-refractivity contribution in [3.8, 4) is 0 Å². The average Bonchev–Trinajstić information content (AvgIpc) is 2.63. The summed E-state index contributed by atoms with van der Waals surface area (Å²) < 4.78 is 26.5. The number of hydrogen-bond acceptors (Lipinski definition) is 3. The van der Waals surface area contributed by atoms with E-state index in [4.69, 9.17) is 0 Å². The van der Waals surface area contributed by atoms with Crippen LogP contribution in [0.25, 0.3) is 0 Å². The van der Waals surface area contributed by atoms with Crippen molar-refractivity contribution in [3.63, 3.8) is 0 Å². The van der Waals surface area contributed by atoms with E-state index in [1.54, 1.807) is 4.31 Å². The maximum Gasteiger partial charge on any atom is 0.223 e. The molecular formula is C19H30N2O3S. The number of carbonyl (C=O) groups is 1. The third-order valence-electron chi connectivity index (χ3n) is 4.76. The zero-order chi connectivity index (χ0) is 18.1. The number of benzene rings is 1. The lowest BCUT2D eigenvalue weighted by molar-refractivity contribution is -0.126. The fourth-order valence-electron chi connectivity index (χ4n) is 3.16. The minimum absolute atomic E-state index is 0.0485. The minimum Gasteiger partial charge on any atom is -0.356 e. The molecule has 1 aromatic rings. The molecule has 0 aromatic heterocycles. The number of unbranched alkanes of at least 4 members (excludes halogenated alkanes) is 1. The van der Waals surface area contributed by atoms with E-state index in [1.165, 1.54) is 5.56 Å². The van der Waals surface area contributed by atoms with Gasteiger partial charge in [-0.2, -0.15) is 0 Å². The molecule has 5 nitrogen and oxygen atoms in total. The summed E-state index contributed by atoms with van der Waals surface area (Å²) >= 11 is 0. The highest BCUT2D eigenvalue weighted by Gasteiger charge is 2.30. The molecule has 1 aromatic carbocycles. The summed E-state index contributed by atoms with van der Waals surface area (Å²) in [5.41, 5.74) is 1.17. The lowest BCUT2D eigenvalue weighted by Crippen LogP contribution is -2.43. The normalized spacial score (nSPS) is 16.7. The maximum absolute atomic E-state index is 12.5. The van der Waals surface area contributed by atoms with Crippen molar-refractivity contribution in [2.75, 3.05) is 25.4 Å². The summed E-state index contributed by atoms with van der Waals surface area (Å²) in [5, 5.41) is 2.95. The Morgan fingerprint density at radius 1 is 1.16 bits per heavy atom. The van der Waals surface area contributed by atoms with Crippen LogP contribution in [0.5, 0.6) is 0 Å². The maximum atomic E-state index is 12.5. The molecule has 2 rings (SSSR count). The number of nitrogens with zero attached hydrogens (tertiary/aromatic N) is 1. The topological polar surface area (TPSA) is 66.5 Å². The highest BCUT2D eigenvalue weighted by atomic mass is 32.2. The van der Waals surface area contributed by atoms with Crippen LogP contribution < -0.4 is 5.32 Å². The van der Waals surface area contributed by atoms with E-state index < -0.39 is 10.0 Å². The molecule has 6 heteroatoms. The fraction of sp³-hybridized carbons (Fsp3) is 0.632. The number of carbonyl (C=O) groups excluding carboxylic acids is 1. The Hall–Kier alpha value is -1.40. The van der Waals surface area contributed by atoms with E-state index in [2.05, 4.69) is 12.2 Å². The third-order valence-corrected chi connectivity index (χ3v) is 6.71. The van der Waals surface area contributed by atoms with Crippen LogP contribution in [-0.2, 0) is 21.2 Å². The lowest BCUT2D eigenvalue weighted by atomic mass is 9.97. The summed E-state index contributed by atoms with van der Waals surface area (Å²) in [5.74, 6) is 0.206. The zero-order valence-corrected chi connectivity index (χ0v) is 15.9. The minimum atomic E-state index is -3.22. The van der Waals surface area contributed by atoms with Crippen LogP contribution in [0.15, 0.2) is 30.3 Å². The Kier molecular flexibility index (Phi) is 7.90. The van der Waals surface area contributed by atoms with Gasteiger partial charge in [0.25, 0.3) is 0 Å². The molecule has 0 radical (unpaired) electrons. The second kappa shape index (κ2) is 9.92. The first-order valence-corrected chi connectivity index (χ1v) is 10.9. The Bertz CT molecular complexity index is 623. The van der Waals surface area contributed by atoms with Crippen molar-refractivity contribution in [1.29, 1.82) is 0 Å². The van der Waals surface area contributed by atoms with E-state index >= 15 is 0 Å². The first-order chi connectivity index (χ1) is 12.0. The smallest absolute Gasteiger partial charge is 0.223 e. The second-order valence-electron chi connectivity index (χ2n) is 6.72. The molecule has 0 atom stereocenters. The second-order valence-corrected chi connectivity index (χ2v) is 8.81. The number of piperidine rings is 1. The van der Waals surface area contributed by atoms with Gasteiger partial charge in [0, 0.05) is 25.6 Å². The van der Waals surface area contributed by atoms with Gasteiger partial charge >= 0.3 is 0 Å². The van der Waals surface area contributed by atoms with Gasteiger partial charge in [-0.1, -0.05) is 43.7 Å². The van der Waals surface area contributed by atoms with E-state index in [1.807, 2.05) is 30.3 Å². The number of hydrogen-bond donors (Lipinski definition) is 1. The van der Waals surface area contributed by atoms with Gasteiger partial charge in [0.05, 0.1) is 5.75 Å². The Labute approximate surface area is 151 Å². The molecule has 0 spiro atoms. The molecule has 1 aliphatic heterocycles. The molecule has 1 aliphatic rings. The summed E-state index contributed by atoms with van der Waals surface area (Å²) in [7, 11) is -3.22. The molecule has 0 bridgehead atoms. The Morgan fingerprint density at radius 3 is 2.48 bits per heavy atom. The van der Waals surface area contributed by atoms with Gasteiger partial charge < -0.3 is 5.32 Å². The summed E-state index contributed by atoms with van der Waals surface area (Å²) in [6.07, 6.45) is 4.69. The van der Waals surface area contributed by atoms with Crippen molar-refractivity contribution in [1.82, 2.24) is 9.62 Å². The molecule has 1 saturated heterocycles. The number of nitrogens with one attached hydrogen (secondary N) is 1. The Balaban J connectivity index is 1.73. The Morgan fingerprint density at radius 2 is 1.84 bits per heavy atom. The van der Waals surface area contributed by atoms with E-state index in [0.29, 0.717) is 38.9 Å². The van der Waals surface area contributed by atoms with E-state index in [0.717, 1.165) is 19.3 Å². The third kappa shape index (κ3) is 6.44. The highest BCUT2D eigenvalue weighted by Crippen LogP contribution is 2.20. The van der Waals surface area contributed by atoms with Gasteiger partial charge in [-0.3, -0.25) is 4.79 Å². The van der Waals surface area contributed by atoms with E-state index in [9.17, 15) is 13.2 Å². The summed E-state index contributed by atoms with van der Waals surface area (Å²) in [6, 6.07) is 9.95. The van der Waals surface area contributed by atoms with Crippen molar-refractivity contribution < 1.29 is 13.2 Å². The van der Waals surface area contributed by atoms with Gasteiger partial charge in [0.2, 0.25) is 15.9 Å². The quantitative estimate of drug-likeness (QED) is 0.683. The van der Waals surface area contributed by atoms with Crippen molar-refractivity contribution in [2.45, 2.75) is 45.4 Å². The number of amides is 1. The zero-order valence-electron chi connectivity index (χ0n) is 15.1. The highest BCUT2D eigenvalue weighted by molar-refractivity contribution is 7.89. The fourth-order valence-corrected chi connectivity index (χ4v) is 4.70. The molecule has 140 valence electrons. The van der Waals surface area contributed by atoms with Crippen LogP contribution >= 0.6 is 0 Å². The summed E-state index contributed by atoms with van der Waals surface area (Å²) in [6.45, 7) is 3.72. The monoisotopic (exact) mass is 366 g/mol. The molecule has 0 aliphatic carbocycles. The number of aryl methyl sites for hydroxylation is 1. The molecule has 0 saturated carbocycles. The average molecular weight is 367 g/mol. The van der Waals surface area contributed by atoms with Gasteiger partial charge in [-0.05, 0) is 37.7 Å². The largest absolute Gasteiger partial charge is 0.356 e. The molecule has 1 N–H and O–H groups in total. The molecule has 1 amide bonds.